The topological polar surface area (TPSA) is 66.3 Å². The summed E-state index contributed by atoms with van der Waals surface area (Å²) in [5.74, 6) is -0.735. The van der Waals surface area contributed by atoms with Crippen LogP contribution < -0.4 is 16.2 Å². The van der Waals surface area contributed by atoms with Crippen LogP contribution in [0.1, 0.15) is 16.1 Å². The van der Waals surface area contributed by atoms with Crippen LogP contribution in [0.4, 0.5) is 10.1 Å². The van der Waals surface area contributed by atoms with Crippen LogP contribution in [0, 0.1) is 12.7 Å². The number of benzene rings is 3. The molecule has 0 bridgehead atoms. The van der Waals surface area contributed by atoms with E-state index < -0.39 is 11.7 Å². The number of halogens is 1. The van der Waals surface area contributed by atoms with Crippen molar-refractivity contribution in [2.45, 2.75) is 6.92 Å². The van der Waals surface area contributed by atoms with Crippen molar-refractivity contribution in [3.8, 4) is 0 Å². The molecule has 1 amide bonds. The fourth-order valence-electron chi connectivity index (χ4n) is 3.05. The largest absolute Gasteiger partial charge is 0.450 e. The van der Waals surface area contributed by atoms with Crippen LogP contribution in [-0.4, -0.2) is 11.0 Å². The SMILES string of the molecule is Cc1c(C(=O)NNC(=S)Nc2ccccc2F)oc2c1ccc1ccccc12. The number of thiocarbonyl (C=S) groups is 1. The molecular formula is C21H16FN3O2S. The Morgan fingerprint density at radius 2 is 1.71 bits per heavy atom. The number of furan rings is 1. The summed E-state index contributed by atoms with van der Waals surface area (Å²) in [5.41, 5.74) is 6.64. The Bertz CT molecular complexity index is 1220. The summed E-state index contributed by atoms with van der Waals surface area (Å²) in [7, 11) is 0. The minimum absolute atomic E-state index is 0.0534. The maximum absolute atomic E-state index is 13.7. The van der Waals surface area contributed by atoms with Crippen molar-refractivity contribution in [2.24, 2.45) is 0 Å². The van der Waals surface area contributed by atoms with Crippen molar-refractivity contribution in [1.29, 1.82) is 0 Å². The Labute approximate surface area is 165 Å². The normalized spacial score (nSPS) is 10.8. The summed E-state index contributed by atoms with van der Waals surface area (Å²) >= 11 is 5.09. The number of carbonyl (C=O) groups is 1. The fraction of sp³-hybridized carbons (Fsp3) is 0.0476. The van der Waals surface area contributed by atoms with Crippen LogP contribution in [-0.2, 0) is 0 Å². The standard InChI is InChI=1S/C21H16FN3O2S/c1-12-14-11-10-13-6-2-3-7-15(13)19(14)27-18(12)20(26)24-25-21(28)23-17-9-5-4-8-16(17)22/h2-11H,1H3,(H,24,26)(H2,23,25,28). The predicted molar refractivity (Wildman–Crippen MR) is 112 cm³/mol. The van der Waals surface area contributed by atoms with Crippen LogP contribution in [0.15, 0.2) is 65.1 Å². The number of nitrogens with one attached hydrogen (secondary N) is 3. The van der Waals surface area contributed by atoms with Crippen molar-refractivity contribution in [3.05, 3.63) is 77.8 Å². The molecule has 1 aromatic heterocycles. The average Bonchev–Trinajstić information content (AvgIpc) is 3.05. The van der Waals surface area contributed by atoms with Crippen LogP contribution in [0.2, 0.25) is 0 Å². The molecule has 0 aliphatic rings. The summed E-state index contributed by atoms with van der Waals surface area (Å²) in [5, 5.41) is 5.58. The molecular weight excluding hydrogens is 377 g/mol. The van der Waals surface area contributed by atoms with Gasteiger partial charge in [0.2, 0.25) is 0 Å². The molecule has 0 aliphatic heterocycles. The summed E-state index contributed by atoms with van der Waals surface area (Å²) < 4.78 is 19.5. The Hall–Kier alpha value is -3.45. The van der Waals surface area contributed by atoms with Crippen LogP contribution in [0.25, 0.3) is 21.7 Å². The molecule has 0 spiro atoms. The second-order valence-corrected chi connectivity index (χ2v) is 6.64. The number of anilines is 1. The summed E-state index contributed by atoms with van der Waals surface area (Å²) in [6, 6.07) is 17.8. The number of fused-ring (bicyclic) bond motifs is 3. The van der Waals surface area contributed by atoms with E-state index in [9.17, 15) is 9.18 Å². The lowest BCUT2D eigenvalue weighted by Crippen LogP contribution is -2.43. The van der Waals surface area contributed by atoms with Gasteiger partial charge in [-0.1, -0.05) is 48.5 Å². The van der Waals surface area contributed by atoms with Gasteiger partial charge < -0.3 is 9.73 Å². The molecule has 0 fully saturated rings. The van der Waals surface area contributed by atoms with Gasteiger partial charge in [0, 0.05) is 16.3 Å². The first-order valence-corrected chi connectivity index (χ1v) is 8.98. The van der Waals surface area contributed by atoms with Crippen LogP contribution in [0.3, 0.4) is 0 Å². The zero-order chi connectivity index (χ0) is 19.7. The van der Waals surface area contributed by atoms with Gasteiger partial charge in [-0.05, 0) is 36.7 Å². The minimum Gasteiger partial charge on any atom is -0.450 e. The molecule has 4 aromatic rings. The Kier molecular flexibility index (Phi) is 4.67. The molecule has 140 valence electrons. The molecule has 0 saturated carbocycles. The highest BCUT2D eigenvalue weighted by atomic mass is 32.1. The number of aryl methyl sites for hydroxylation is 1. The molecule has 4 rings (SSSR count). The number of rotatable bonds is 2. The van der Waals surface area contributed by atoms with E-state index in [-0.39, 0.29) is 16.6 Å². The second kappa shape index (κ2) is 7.28. The number of hydrogen-bond acceptors (Lipinski definition) is 3. The van der Waals surface area contributed by atoms with Crippen molar-refractivity contribution < 1.29 is 13.6 Å². The molecule has 3 aromatic carbocycles. The van der Waals surface area contributed by atoms with Crippen LogP contribution in [0.5, 0.6) is 0 Å². The highest BCUT2D eigenvalue weighted by Crippen LogP contribution is 2.31. The quantitative estimate of drug-likeness (QED) is 0.341. The number of hydrazine groups is 1. The van der Waals surface area contributed by atoms with Gasteiger partial charge in [-0.25, -0.2) is 4.39 Å². The van der Waals surface area contributed by atoms with Gasteiger partial charge in [0.15, 0.2) is 10.9 Å². The van der Waals surface area contributed by atoms with E-state index in [4.69, 9.17) is 16.6 Å². The van der Waals surface area contributed by atoms with Gasteiger partial charge in [-0.3, -0.25) is 15.6 Å². The smallest absolute Gasteiger partial charge is 0.305 e. The lowest BCUT2D eigenvalue weighted by atomic mass is 10.1. The molecule has 7 heteroatoms. The van der Waals surface area contributed by atoms with Crippen molar-refractivity contribution in [1.82, 2.24) is 10.9 Å². The molecule has 3 N–H and O–H groups in total. The van der Waals surface area contributed by atoms with Crippen LogP contribution >= 0.6 is 12.2 Å². The molecule has 5 nitrogen and oxygen atoms in total. The Morgan fingerprint density at radius 3 is 2.54 bits per heavy atom. The molecule has 0 saturated heterocycles. The zero-order valence-corrected chi connectivity index (χ0v) is 15.7. The number of hydrogen-bond donors (Lipinski definition) is 3. The first kappa shape index (κ1) is 17.9. The summed E-state index contributed by atoms with van der Waals surface area (Å²) in [6.45, 7) is 1.82. The molecule has 0 atom stereocenters. The third kappa shape index (κ3) is 3.27. The van der Waals surface area contributed by atoms with E-state index in [1.54, 1.807) is 18.2 Å². The van der Waals surface area contributed by atoms with Gasteiger partial charge in [0.05, 0.1) is 5.69 Å². The third-order valence-corrected chi connectivity index (χ3v) is 4.65. The summed E-state index contributed by atoms with van der Waals surface area (Å²) in [6.07, 6.45) is 0. The van der Waals surface area contributed by atoms with Gasteiger partial charge >= 0.3 is 5.91 Å². The zero-order valence-electron chi connectivity index (χ0n) is 14.9. The minimum atomic E-state index is -0.476. The monoisotopic (exact) mass is 393 g/mol. The van der Waals surface area contributed by atoms with Gasteiger partial charge in [-0.2, -0.15) is 0 Å². The fourth-order valence-corrected chi connectivity index (χ4v) is 3.21. The van der Waals surface area contributed by atoms with Crippen molar-refractivity contribution >= 4 is 50.7 Å². The van der Waals surface area contributed by atoms with Gasteiger partial charge in [0.1, 0.15) is 11.4 Å². The molecule has 0 radical (unpaired) electrons. The first-order valence-electron chi connectivity index (χ1n) is 8.57. The van der Waals surface area contributed by atoms with E-state index in [0.29, 0.717) is 5.58 Å². The first-order chi connectivity index (χ1) is 13.5. The van der Waals surface area contributed by atoms with Crippen molar-refractivity contribution in [3.63, 3.8) is 0 Å². The summed E-state index contributed by atoms with van der Waals surface area (Å²) in [4.78, 5) is 12.6. The highest BCUT2D eigenvalue weighted by Gasteiger charge is 2.19. The average molecular weight is 393 g/mol. The lowest BCUT2D eigenvalue weighted by Gasteiger charge is -2.11. The van der Waals surface area contributed by atoms with E-state index in [1.807, 2.05) is 43.3 Å². The molecule has 0 aliphatic carbocycles. The second-order valence-electron chi connectivity index (χ2n) is 6.23. The van der Waals surface area contributed by atoms with E-state index in [2.05, 4.69) is 16.2 Å². The van der Waals surface area contributed by atoms with Gasteiger partial charge in [-0.15, -0.1) is 0 Å². The Morgan fingerprint density at radius 1 is 0.964 bits per heavy atom. The number of amides is 1. The van der Waals surface area contributed by atoms with E-state index in [0.717, 1.165) is 21.7 Å². The maximum atomic E-state index is 13.7. The number of carbonyl (C=O) groups excluding carboxylic acids is 1. The highest BCUT2D eigenvalue weighted by molar-refractivity contribution is 7.80. The maximum Gasteiger partial charge on any atom is 0.305 e. The molecule has 0 unspecified atom stereocenters. The third-order valence-electron chi connectivity index (χ3n) is 4.45. The predicted octanol–water partition coefficient (Wildman–Crippen LogP) is 4.66. The Balaban J connectivity index is 1.53. The van der Waals surface area contributed by atoms with E-state index >= 15 is 0 Å². The van der Waals surface area contributed by atoms with Crippen molar-refractivity contribution in [2.75, 3.05) is 5.32 Å². The lowest BCUT2D eigenvalue weighted by molar-refractivity contribution is 0.0917. The van der Waals surface area contributed by atoms with E-state index in [1.165, 1.54) is 6.07 Å². The molecule has 1 heterocycles. The van der Waals surface area contributed by atoms with Gasteiger partial charge in [0.25, 0.3) is 0 Å². The molecule has 28 heavy (non-hydrogen) atoms. The number of para-hydroxylation sites is 1.